The van der Waals surface area contributed by atoms with Crippen LogP contribution in [0, 0.1) is 19.7 Å². The number of hydrogen-bond acceptors (Lipinski definition) is 6. The predicted molar refractivity (Wildman–Crippen MR) is 122 cm³/mol. The van der Waals surface area contributed by atoms with Gasteiger partial charge in [0.05, 0.1) is 30.0 Å². The average Bonchev–Trinajstić information content (AvgIpc) is 3.12. The zero-order chi connectivity index (χ0) is 22.8. The minimum Gasteiger partial charge on any atom is -0.494 e. The molecular weight excluding hydrogens is 409 g/mol. The molecule has 0 aliphatic heterocycles. The highest BCUT2D eigenvalue weighted by molar-refractivity contribution is 5.92. The highest BCUT2D eigenvalue weighted by Gasteiger charge is 2.21. The van der Waals surface area contributed by atoms with Gasteiger partial charge in [0.2, 0.25) is 0 Å². The van der Waals surface area contributed by atoms with Gasteiger partial charge < -0.3 is 14.7 Å². The Morgan fingerprint density at radius 3 is 2.53 bits per heavy atom. The van der Waals surface area contributed by atoms with Crippen LogP contribution in [0.5, 0.6) is 5.75 Å². The summed E-state index contributed by atoms with van der Waals surface area (Å²) in [4.78, 5) is 1.94. The van der Waals surface area contributed by atoms with E-state index in [1.807, 2.05) is 57.0 Å². The second-order valence-electron chi connectivity index (χ2n) is 7.66. The number of hydrogen-bond donors (Lipinski definition) is 1. The van der Waals surface area contributed by atoms with Gasteiger partial charge in [-0.3, -0.25) is 0 Å². The summed E-state index contributed by atoms with van der Waals surface area (Å²) in [5, 5.41) is 23.9. The normalized spacial score (nSPS) is 11.2. The summed E-state index contributed by atoms with van der Waals surface area (Å²) < 4.78 is 21.9. The van der Waals surface area contributed by atoms with Crippen LogP contribution in [-0.2, 0) is 13.2 Å². The molecule has 0 unspecified atom stereocenters. The highest BCUT2D eigenvalue weighted by Crippen LogP contribution is 2.31. The molecule has 2 aromatic heterocycles. The highest BCUT2D eigenvalue weighted by atomic mass is 19.1. The largest absolute Gasteiger partial charge is 0.494 e. The number of aliphatic hydroxyl groups excluding tert-OH is 1. The Balaban J connectivity index is 1.79. The van der Waals surface area contributed by atoms with Crippen molar-refractivity contribution < 1.29 is 14.2 Å². The first kappa shape index (κ1) is 21.7. The Hall–Kier alpha value is -3.52. The molecule has 0 aliphatic rings. The van der Waals surface area contributed by atoms with Crippen LogP contribution in [0.15, 0.2) is 42.5 Å². The van der Waals surface area contributed by atoms with Crippen LogP contribution in [0.3, 0.4) is 0 Å². The third-order valence-electron chi connectivity index (χ3n) is 5.50. The van der Waals surface area contributed by atoms with Gasteiger partial charge in [0, 0.05) is 19.7 Å². The van der Waals surface area contributed by atoms with E-state index in [0.717, 1.165) is 27.9 Å². The van der Waals surface area contributed by atoms with E-state index in [1.165, 1.54) is 6.07 Å². The maximum atomic E-state index is 14.9. The van der Waals surface area contributed by atoms with Crippen molar-refractivity contribution in [2.24, 2.45) is 0 Å². The lowest BCUT2D eigenvalue weighted by Gasteiger charge is -2.19. The standard InChI is InChI=1S/C24H26FN5O2/c1-5-32-19-10-11-21(20(25)12-19)30-16(3)22-15(2)26-27-24(23(22)28-30)29(4)13-17-8-6-7-9-18(17)14-31/h6-12,31H,5,13-14H2,1-4H3. The number of aromatic nitrogens is 4. The van der Waals surface area contributed by atoms with E-state index in [-0.39, 0.29) is 6.61 Å². The molecule has 8 heteroatoms. The number of fused-ring (bicyclic) bond motifs is 1. The van der Waals surface area contributed by atoms with Gasteiger partial charge in [0.1, 0.15) is 17.0 Å². The maximum absolute atomic E-state index is 14.9. The fourth-order valence-corrected chi connectivity index (χ4v) is 3.92. The minimum atomic E-state index is -0.419. The molecule has 0 radical (unpaired) electrons. The lowest BCUT2D eigenvalue weighted by Crippen LogP contribution is -2.20. The molecule has 2 aromatic carbocycles. The maximum Gasteiger partial charge on any atom is 0.179 e. The number of anilines is 1. The van der Waals surface area contributed by atoms with Crippen LogP contribution in [-0.4, -0.2) is 38.7 Å². The number of benzene rings is 2. The summed E-state index contributed by atoms with van der Waals surface area (Å²) in [7, 11) is 1.90. The van der Waals surface area contributed by atoms with Crippen molar-refractivity contribution in [1.29, 1.82) is 0 Å². The molecule has 2 heterocycles. The Bertz CT molecular complexity index is 1270. The van der Waals surface area contributed by atoms with Gasteiger partial charge in [-0.2, -0.15) is 10.2 Å². The second-order valence-corrected chi connectivity index (χ2v) is 7.66. The summed E-state index contributed by atoms with van der Waals surface area (Å²) in [6.07, 6.45) is 0. The van der Waals surface area contributed by atoms with Gasteiger partial charge in [-0.1, -0.05) is 24.3 Å². The molecule has 32 heavy (non-hydrogen) atoms. The van der Waals surface area contributed by atoms with Gasteiger partial charge in [-0.15, -0.1) is 5.10 Å². The molecule has 166 valence electrons. The summed E-state index contributed by atoms with van der Waals surface area (Å²) in [5.41, 5.74) is 4.33. The lowest BCUT2D eigenvalue weighted by atomic mass is 10.1. The molecule has 0 aliphatic carbocycles. The number of aryl methyl sites for hydroxylation is 2. The zero-order valence-corrected chi connectivity index (χ0v) is 18.6. The zero-order valence-electron chi connectivity index (χ0n) is 18.6. The molecule has 4 aromatic rings. The molecule has 0 saturated heterocycles. The first-order valence-corrected chi connectivity index (χ1v) is 10.5. The smallest absolute Gasteiger partial charge is 0.179 e. The SMILES string of the molecule is CCOc1ccc(-n2nc3c(N(C)Cc4ccccc4CO)nnc(C)c3c2C)c(F)c1. The van der Waals surface area contributed by atoms with Crippen molar-refractivity contribution in [3.63, 3.8) is 0 Å². The molecule has 0 spiro atoms. The third-order valence-corrected chi connectivity index (χ3v) is 5.50. The number of aliphatic hydroxyl groups is 1. The summed E-state index contributed by atoms with van der Waals surface area (Å²) in [6.45, 7) is 6.57. The Labute approximate surface area is 186 Å². The first-order chi connectivity index (χ1) is 15.4. The fourth-order valence-electron chi connectivity index (χ4n) is 3.92. The van der Waals surface area contributed by atoms with E-state index in [0.29, 0.717) is 35.9 Å². The molecule has 0 atom stereocenters. The number of nitrogens with zero attached hydrogens (tertiary/aromatic N) is 5. The van der Waals surface area contributed by atoms with Crippen LogP contribution < -0.4 is 9.64 Å². The summed E-state index contributed by atoms with van der Waals surface area (Å²) in [6, 6.07) is 12.5. The molecular formula is C24H26FN5O2. The van der Waals surface area contributed by atoms with Crippen molar-refractivity contribution >= 4 is 16.7 Å². The van der Waals surface area contributed by atoms with E-state index < -0.39 is 5.82 Å². The number of halogens is 1. The molecule has 0 fully saturated rings. The van der Waals surface area contributed by atoms with E-state index in [9.17, 15) is 9.50 Å². The molecule has 0 amide bonds. The Morgan fingerprint density at radius 2 is 1.84 bits per heavy atom. The van der Waals surface area contributed by atoms with Gasteiger partial charge in [0.15, 0.2) is 11.6 Å². The second kappa shape index (κ2) is 8.92. The summed E-state index contributed by atoms with van der Waals surface area (Å²) in [5.74, 6) is 0.648. The monoisotopic (exact) mass is 435 g/mol. The third kappa shape index (κ3) is 3.89. The minimum absolute atomic E-state index is 0.0379. The summed E-state index contributed by atoms with van der Waals surface area (Å²) >= 11 is 0. The molecule has 7 nitrogen and oxygen atoms in total. The van der Waals surface area contributed by atoms with Crippen molar-refractivity contribution in [2.75, 3.05) is 18.6 Å². The van der Waals surface area contributed by atoms with Gasteiger partial charge in [-0.25, -0.2) is 9.07 Å². The lowest BCUT2D eigenvalue weighted by molar-refractivity contribution is 0.280. The van der Waals surface area contributed by atoms with Crippen LogP contribution in [0.25, 0.3) is 16.6 Å². The quantitative estimate of drug-likeness (QED) is 0.471. The molecule has 0 saturated carbocycles. The molecule has 4 rings (SSSR count). The van der Waals surface area contributed by atoms with Crippen LogP contribution in [0.1, 0.15) is 29.4 Å². The van der Waals surface area contributed by atoms with Gasteiger partial charge in [-0.05, 0) is 44.0 Å². The predicted octanol–water partition coefficient (Wildman–Crippen LogP) is 4.10. The first-order valence-electron chi connectivity index (χ1n) is 10.5. The van der Waals surface area contributed by atoms with E-state index in [1.54, 1.807) is 16.8 Å². The fraction of sp³-hybridized carbons (Fsp3) is 0.292. The van der Waals surface area contributed by atoms with Crippen molar-refractivity contribution in [2.45, 2.75) is 33.9 Å². The average molecular weight is 436 g/mol. The number of ether oxygens (including phenoxy) is 1. The van der Waals surface area contributed by atoms with E-state index in [4.69, 9.17) is 9.84 Å². The molecule has 1 N–H and O–H groups in total. The van der Waals surface area contributed by atoms with E-state index >= 15 is 0 Å². The van der Waals surface area contributed by atoms with Crippen LogP contribution >= 0.6 is 0 Å². The van der Waals surface area contributed by atoms with E-state index in [2.05, 4.69) is 10.2 Å². The number of rotatable bonds is 7. The van der Waals surface area contributed by atoms with Crippen molar-refractivity contribution in [3.8, 4) is 11.4 Å². The Morgan fingerprint density at radius 1 is 1.09 bits per heavy atom. The van der Waals surface area contributed by atoms with Crippen molar-refractivity contribution in [3.05, 3.63) is 70.8 Å². The Kier molecular flexibility index (Phi) is 6.05. The molecule has 0 bridgehead atoms. The van der Waals surface area contributed by atoms with Crippen molar-refractivity contribution in [1.82, 2.24) is 20.0 Å². The van der Waals surface area contributed by atoms with Crippen LogP contribution in [0.4, 0.5) is 10.2 Å². The topological polar surface area (TPSA) is 76.3 Å². The van der Waals surface area contributed by atoms with Gasteiger partial charge in [0.25, 0.3) is 0 Å². The van der Waals surface area contributed by atoms with Crippen LogP contribution in [0.2, 0.25) is 0 Å². The van der Waals surface area contributed by atoms with Gasteiger partial charge >= 0.3 is 0 Å².